The van der Waals surface area contributed by atoms with Gasteiger partial charge in [-0.1, -0.05) is 28.1 Å². The molecule has 0 saturated heterocycles. The number of hydrogen-bond donors (Lipinski definition) is 0. The fraction of sp³-hybridized carbons (Fsp3) is 0.364. The van der Waals surface area contributed by atoms with Crippen LogP contribution in [0.2, 0.25) is 0 Å². The van der Waals surface area contributed by atoms with E-state index in [-0.39, 0.29) is 11.3 Å². The summed E-state index contributed by atoms with van der Waals surface area (Å²) in [5.74, 6) is -3.06. The Morgan fingerprint density at radius 1 is 1.53 bits per heavy atom. The van der Waals surface area contributed by atoms with Gasteiger partial charge in [-0.15, -0.1) is 0 Å². The number of carbonyl (C=O) groups is 1. The Morgan fingerprint density at radius 3 is 2.80 bits per heavy atom. The van der Waals surface area contributed by atoms with E-state index >= 15 is 0 Å². The third kappa shape index (κ3) is 1.61. The summed E-state index contributed by atoms with van der Waals surface area (Å²) in [4.78, 5) is 10.2. The number of fused-ring (bicyclic) bond motifs is 1. The number of carbonyl (C=O) groups excluding carboxylic acids is 1. The van der Waals surface area contributed by atoms with Gasteiger partial charge in [0.2, 0.25) is 0 Å². The molecule has 0 aromatic heterocycles. The molecule has 2 rings (SSSR count). The van der Waals surface area contributed by atoms with Crippen molar-refractivity contribution in [1.82, 2.24) is 0 Å². The van der Waals surface area contributed by atoms with Gasteiger partial charge in [-0.2, -0.15) is 0 Å². The van der Waals surface area contributed by atoms with Crippen LogP contribution in [0.25, 0.3) is 0 Å². The molecule has 1 aliphatic carbocycles. The van der Waals surface area contributed by atoms with Gasteiger partial charge < -0.3 is 0 Å². The lowest BCUT2D eigenvalue weighted by atomic mass is 10.0. The van der Waals surface area contributed by atoms with Crippen LogP contribution in [0.3, 0.4) is 0 Å². The van der Waals surface area contributed by atoms with E-state index in [2.05, 4.69) is 15.9 Å². The molecule has 0 heterocycles. The minimum Gasteiger partial charge on any atom is -0.295 e. The summed E-state index contributed by atoms with van der Waals surface area (Å²) < 4.78 is 27.2. The van der Waals surface area contributed by atoms with Crippen molar-refractivity contribution in [3.05, 3.63) is 34.9 Å². The van der Waals surface area contributed by atoms with Crippen molar-refractivity contribution in [2.45, 2.75) is 24.1 Å². The second kappa shape index (κ2) is 3.37. The molecule has 4 heteroatoms. The lowest BCUT2D eigenvalue weighted by molar-refractivity contribution is 0.00631. The third-order valence-electron chi connectivity index (χ3n) is 2.67. The Kier molecular flexibility index (Phi) is 2.41. The van der Waals surface area contributed by atoms with Crippen LogP contribution in [0.5, 0.6) is 0 Å². The molecular weight excluding hydrogens is 266 g/mol. The molecular formula is C11H9BrF2O. The molecule has 1 nitrogen and oxygen atoms in total. The summed E-state index contributed by atoms with van der Waals surface area (Å²) in [5, 5.41) is 0. The maximum Gasteiger partial charge on any atom is 0.286 e. The van der Waals surface area contributed by atoms with Crippen LogP contribution in [0, 0.1) is 0 Å². The molecule has 1 aromatic rings. The lowest BCUT2D eigenvalue weighted by Gasteiger charge is -2.14. The number of benzene rings is 1. The number of hydrogen-bond acceptors (Lipinski definition) is 1. The van der Waals surface area contributed by atoms with Crippen molar-refractivity contribution >= 4 is 21.7 Å². The zero-order valence-corrected chi connectivity index (χ0v) is 9.64. The molecule has 1 aliphatic rings. The highest BCUT2D eigenvalue weighted by atomic mass is 79.9. The van der Waals surface area contributed by atoms with Crippen molar-refractivity contribution in [3.8, 4) is 0 Å². The van der Waals surface area contributed by atoms with Gasteiger partial charge in [0.15, 0.2) is 5.78 Å². The molecule has 0 aliphatic heterocycles. The standard InChI is InChI=1S/C11H9BrF2O/c1-6(15)7-2-3-8-5-10(12)11(13,14)9(8)4-7/h2-4,10H,5H2,1H3. The Morgan fingerprint density at radius 2 is 2.20 bits per heavy atom. The molecule has 15 heavy (non-hydrogen) atoms. The van der Waals surface area contributed by atoms with E-state index in [1.165, 1.54) is 13.0 Å². The number of ketones is 1. The van der Waals surface area contributed by atoms with E-state index in [4.69, 9.17) is 0 Å². The van der Waals surface area contributed by atoms with Crippen LogP contribution in [-0.2, 0) is 12.3 Å². The predicted molar refractivity (Wildman–Crippen MR) is 56.8 cm³/mol. The first-order chi connectivity index (χ1) is 6.93. The molecule has 0 saturated carbocycles. The normalized spacial score (nSPS) is 22.5. The minimum atomic E-state index is -2.87. The molecule has 0 spiro atoms. The van der Waals surface area contributed by atoms with Gasteiger partial charge in [-0.05, 0) is 25.0 Å². The SMILES string of the molecule is CC(=O)c1ccc2c(c1)C(F)(F)C(Br)C2. The van der Waals surface area contributed by atoms with E-state index in [0.29, 0.717) is 17.5 Å². The monoisotopic (exact) mass is 274 g/mol. The summed E-state index contributed by atoms with van der Waals surface area (Å²) in [7, 11) is 0. The van der Waals surface area contributed by atoms with Gasteiger partial charge in [-0.3, -0.25) is 4.79 Å². The molecule has 0 bridgehead atoms. The van der Waals surface area contributed by atoms with Crippen LogP contribution in [0.1, 0.15) is 28.4 Å². The first-order valence-electron chi connectivity index (χ1n) is 4.59. The Balaban J connectivity index is 2.55. The number of alkyl halides is 3. The Bertz CT molecular complexity index is 429. The van der Waals surface area contributed by atoms with Crippen LogP contribution in [0.4, 0.5) is 8.78 Å². The topological polar surface area (TPSA) is 17.1 Å². The van der Waals surface area contributed by atoms with E-state index in [1.807, 2.05) is 0 Å². The van der Waals surface area contributed by atoms with Gasteiger partial charge in [0.25, 0.3) is 5.92 Å². The van der Waals surface area contributed by atoms with Gasteiger partial charge in [0, 0.05) is 11.1 Å². The Hall–Kier alpha value is -0.770. The Labute approximate surface area is 94.6 Å². The predicted octanol–water partition coefficient (Wildman–Crippen LogP) is 3.30. The zero-order chi connectivity index (χ0) is 11.2. The number of Topliss-reactive ketones (excluding diaryl/α,β-unsaturated/α-hetero) is 1. The van der Waals surface area contributed by atoms with E-state index in [0.717, 1.165) is 0 Å². The van der Waals surface area contributed by atoms with Crippen molar-refractivity contribution in [2.75, 3.05) is 0 Å². The number of halogens is 3. The van der Waals surface area contributed by atoms with Crippen molar-refractivity contribution in [3.63, 3.8) is 0 Å². The summed E-state index contributed by atoms with van der Waals surface area (Å²) >= 11 is 2.97. The molecule has 1 aromatic carbocycles. The van der Waals surface area contributed by atoms with E-state index in [1.54, 1.807) is 12.1 Å². The molecule has 0 radical (unpaired) electrons. The van der Waals surface area contributed by atoms with Gasteiger partial charge in [0.1, 0.15) is 0 Å². The molecule has 1 unspecified atom stereocenters. The van der Waals surface area contributed by atoms with Gasteiger partial charge in [-0.25, -0.2) is 8.78 Å². The second-order valence-corrected chi connectivity index (χ2v) is 4.83. The highest BCUT2D eigenvalue weighted by Gasteiger charge is 2.47. The van der Waals surface area contributed by atoms with Crippen molar-refractivity contribution in [1.29, 1.82) is 0 Å². The fourth-order valence-electron chi connectivity index (χ4n) is 1.77. The lowest BCUT2D eigenvalue weighted by Crippen LogP contribution is -2.20. The number of rotatable bonds is 1. The zero-order valence-electron chi connectivity index (χ0n) is 8.06. The highest BCUT2D eigenvalue weighted by Crippen LogP contribution is 2.45. The van der Waals surface area contributed by atoms with E-state index < -0.39 is 10.7 Å². The van der Waals surface area contributed by atoms with Crippen LogP contribution in [-0.4, -0.2) is 10.6 Å². The summed E-state index contributed by atoms with van der Waals surface area (Å²) in [6.45, 7) is 1.38. The van der Waals surface area contributed by atoms with Crippen molar-refractivity contribution in [2.24, 2.45) is 0 Å². The average molecular weight is 275 g/mol. The molecule has 0 fully saturated rings. The molecule has 1 atom stereocenters. The van der Waals surface area contributed by atoms with Crippen LogP contribution >= 0.6 is 15.9 Å². The summed E-state index contributed by atoms with van der Waals surface area (Å²) in [5.41, 5.74) is 0.943. The fourth-order valence-corrected chi connectivity index (χ4v) is 2.37. The first kappa shape index (κ1) is 10.7. The van der Waals surface area contributed by atoms with E-state index in [9.17, 15) is 13.6 Å². The summed E-state index contributed by atoms with van der Waals surface area (Å²) in [6, 6.07) is 4.52. The quantitative estimate of drug-likeness (QED) is 0.567. The van der Waals surface area contributed by atoms with Gasteiger partial charge in [0.05, 0.1) is 4.83 Å². The summed E-state index contributed by atoms with van der Waals surface area (Å²) in [6.07, 6.45) is 0.306. The molecule has 80 valence electrons. The van der Waals surface area contributed by atoms with Crippen LogP contribution < -0.4 is 0 Å². The molecule has 0 N–H and O–H groups in total. The van der Waals surface area contributed by atoms with Crippen LogP contribution in [0.15, 0.2) is 18.2 Å². The maximum absolute atomic E-state index is 13.6. The average Bonchev–Trinajstić information content (AvgIpc) is 2.38. The maximum atomic E-state index is 13.6. The largest absolute Gasteiger partial charge is 0.295 e. The minimum absolute atomic E-state index is 0.0166. The second-order valence-electron chi connectivity index (χ2n) is 3.72. The van der Waals surface area contributed by atoms with Gasteiger partial charge >= 0.3 is 0 Å². The first-order valence-corrected chi connectivity index (χ1v) is 5.50. The molecule has 0 amide bonds. The third-order valence-corrected chi connectivity index (χ3v) is 3.57. The van der Waals surface area contributed by atoms with Crippen molar-refractivity contribution < 1.29 is 13.6 Å². The smallest absolute Gasteiger partial charge is 0.286 e. The highest BCUT2D eigenvalue weighted by molar-refractivity contribution is 9.09.